The van der Waals surface area contributed by atoms with Crippen LogP contribution < -0.4 is 20.9 Å². The second kappa shape index (κ2) is 9.93. The van der Waals surface area contributed by atoms with Gasteiger partial charge in [0.25, 0.3) is 5.91 Å². The molecule has 1 aliphatic rings. The van der Waals surface area contributed by atoms with Gasteiger partial charge in [-0.15, -0.1) is 0 Å². The molecule has 0 unspecified atom stereocenters. The zero-order valence-electron chi connectivity index (χ0n) is 18.1. The van der Waals surface area contributed by atoms with Gasteiger partial charge in [0, 0.05) is 37.2 Å². The molecule has 6 nitrogen and oxygen atoms in total. The van der Waals surface area contributed by atoms with Gasteiger partial charge in [0.2, 0.25) is 0 Å². The number of carbonyl (C=O) groups excluding carboxylic acids is 2. The fourth-order valence-electron chi connectivity index (χ4n) is 3.73. The molecule has 0 aromatic heterocycles. The van der Waals surface area contributed by atoms with Crippen molar-refractivity contribution in [3.05, 3.63) is 53.6 Å². The number of amides is 3. The van der Waals surface area contributed by atoms with Gasteiger partial charge in [0.15, 0.2) is 0 Å². The third-order valence-electron chi connectivity index (χ3n) is 5.39. The summed E-state index contributed by atoms with van der Waals surface area (Å²) in [7, 11) is 3.66. The molecular weight excluding hydrogens is 421 g/mol. The number of halogens is 3. The normalized spacial score (nSPS) is 14.5. The van der Waals surface area contributed by atoms with Crippen molar-refractivity contribution < 1.29 is 22.8 Å². The van der Waals surface area contributed by atoms with Gasteiger partial charge in [-0.2, -0.15) is 13.2 Å². The molecule has 0 spiro atoms. The van der Waals surface area contributed by atoms with Crippen LogP contribution in [0.4, 0.5) is 35.0 Å². The van der Waals surface area contributed by atoms with Crippen molar-refractivity contribution in [2.45, 2.75) is 44.3 Å². The smallest absolute Gasteiger partial charge is 0.377 e. The number of urea groups is 1. The predicted molar refractivity (Wildman–Crippen MR) is 119 cm³/mol. The van der Waals surface area contributed by atoms with Crippen LogP contribution in [-0.2, 0) is 6.18 Å². The topological polar surface area (TPSA) is 73.5 Å². The average molecular weight is 448 g/mol. The van der Waals surface area contributed by atoms with Crippen molar-refractivity contribution >= 4 is 29.0 Å². The molecule has 2 aromatic rings. The Balaban J connectivity index is 1.70. The Kier molecular flexibility index (Phi) is 7.27. The van der Waals surface area contributed by atoms with Gasteiger partial charge in [-0.05, 0) is 55.3 Å². The molecule has 1 aliphatic carbocycles. The van der Waals surface area contributed by atoms with Crippen LogP contribution in [-0.4, -0.2) is 32.1 Å². The summed E-state index contributed by atoms with van der Waals surface area (Å²) in [4.78, 5) is 27.1. The second-order valence-corrected chi connectivity index (χ2v) is 8.09. The van der Waals surface area contributed by atoms with Gasteiger partial charge in [-0.25, -0.2) is 4.79 Å². The fraction of sp³-hybridized carbons (Fsp3) is 0.391. The third-order valence-corrected chi connectivity index (χ3v) is 5.39. The Morgan fingerprint density at radius 2 is 1.50 bits per heavy atom. The lowest BCUT2D eigenvalue weighted by Crippen LogP contribution is -2.36. The van der Waals surface area contributed by atoms with Crippen molar-refractivity contribution in [1.29, 1.82) is 0 Å². The molecule has 172 valence electrons. The Morgan fingerprint density at radius 1 is 0.906 bits per heavy atom. The van der Waals surface area contributed by atoms with Crippen molar-refractivity contribution in [1.82, 2.24) is 5.32 Å². The van der Waals surface area contributed by atoms with Crippen molar-refractivity contribution in [3.8, 4) is 0 Å². The Morgan fingerprint density at radius 3 is 2.09 bits per heavy atom. The fourth-order valence-corrected chi connectivity index (χ4v) is 3.73. The van der Waals surface area contributed by atoms with Crippen molar-refractivity contribution in [2.24, 2.45) is 0 Å². The summed E-state index contributed by atoms with van der Waals surface area (Å²) in [6.45, 7) is 0. The van der Waals surface area contributed by atoms with E-state index >= 15 is 0 Å². The molecule has 3 amide bonds. The van der Waals surface area contributed by atoms with Crippen molar-refractivity contribution in [3.63, 3.8) is 0 Å². The first kappa shape index (κ1) is 23.4. The minimum atomic E-state index is -4.44. The number of benzene rings is 2. The average Bonchev–Trinajstić information content (AvgIpc) is 2.74. The molecule has 9 heteroatoms. The van der Waals surface area contributed by atoms with Crippen molar-refractivity contribution in [2.75, 3.05) is 29.6 Å². The van der Waals surface area contributed by atoms with E-state index in [-0.39, 0.29) is 17.6 Å². The molecule has 32 heavy (non-hydrogen) atoms. The van der Waals surface area contributed by atoms with Crippen LogP contribution in [0, 0.1) is 0 Å². The maximum absolute atomic E-state index is 12.9. The number of hydrogen-bond donors (Lipinski definition) is 3. The predicted octanol–water partition coefficient (Wildman–Crippen LogP) is 5.48. The standard InChI is InChI=1S/C23H27F3N4O2/c1-30(2)20-13-12-18(14-19(20)21(31)27-16-6-4-3-5-7-16)29-22(32)28-17-10-8-15(9-11-17)23(24,25)26/h8-14,16H,3-7H2,1-2H3,(H,27,31)(H2,28,29,32). The number of nitrogens with one attached hydrogen (secondary N) is 3. The van der Waals surface area contributed by atoms with Gasteiger partial charge in [-0.1, -0.05) is 19.3 Å². The van der Waals surface area contributed by atoms with E-state index in [0.717, 1.165) is 37.8 Å². The van der Waals surface area contributed by atoms with E-state index in [1.54, 1.807) is 18.2 Å². The summed E-state index contributed by atoms with van der Waals surface area (Å²) in [5.41, 5.74) is 0.973. The van der Waals surface area contributed by atoms with Crippen LogP contribution in [0.2, 0.25) is 0 Å². The highest BCUT2D eigenvalue weighted by Gasteiger charge is 2.30. The van der Waals surface area contributed by atoms with Crippen LogP contribution in [0.3, 0.4) is 0 Å². The van der Waals surface area contributed by atoms with E-state index in [4.69, 9.17) is 0 Å². The van der Waals surface area contributed by atoms with E-state index in [0.29, 0.717) is 16.9 Å². The van der Waals surface area contributed by atoms with E-state index in [1.165, 1.54) is 18.6 Å². The molecule has 0 heterocycles. The zero-order chi connectivity index (χ0) is 23.3. The number of carbonyl (C=O) groups is 2. The molecule has 0 atom stereocenters. The molecule has 1 saturated carbocycles. The minimum Gasteiger partial charge on any atom is -0.377 e. The van der Waals surface area contributed by atoms with Crippen LogP contribution in [0.25, 0.3) is 0 Å². The lowest BCUT2D eigenvalue weighted by atomic mass is 9.95. The molecule has 0 radical (unpaired) electrons. The highest BCUT2D eigenvalue weighted by atomic mass is 19.4. The first-order valence-electron chi connectivity index (χ1n) is 10.5. The molecule has 0 bridgehead atoms. The van der Waals surface area contributed by atoms with Gasteiger partial charge in [0.05, 0.1) is 11.1 Å². The maximum Gasteiger partial charge on any atom is 0.416 e. The number of alkyl halides is 3. The lowest BCUT2D eigenvalue weighted by molar-refractivity contribution is -0.137. The summed E-state index contributed by atoms with van der Waals surface area (Å²) in [6, 6.07) is 8.68. The number of nitrogens with zero attached hydrogens (tertiary/aromatic N) is 1. The second-order valence-electron chi connectivity index (χ2n) is 8.09. The maximum atomic E-state index is 12.9. The number of rotatable bonds is 5. The van der Waals surface area contributed by atoms with Gasteiger partial charge >= 0.3 is 12.2 Å². The highest BCUT2D eigenvalue weighted by molar-refractivity contribution is 6.04. The van der Waals surface area contributed by atoms with E-state index in [9.17, 15) is 22.8 Å². The van der Waals surface area contributed by atoms with E-state index in [1.807, 2.05) is 19.0 Å². The molecule has 3 N–H and O–H groups in total. The highest BCUT2D eigenvalue weighted by Crippen LogP contribution is 2.30. The van der Waals surface area contributed by atoms with Crippen LogP contribution in [0.5, 0.6) is 0 Å². The summed E-state index contributed by atoms with van der Waals surface area (Å²) in [5.74, 6) is -0.201. The molecule has 2 aromatic carbocycles. The third kappa shape index (κ3) is 6.15. The molecule has 3 rings (SSSR count). The van der Waals surface area contributed by atoms with Crippen LogP contribution in [0.15, 0.2) is 42.5 Å². The number of anilines is 3. The summed E-state index contributed by atoms with van der Waals surface area (Å²) in [6.07, 6.45) is 0.841. The summed E-state index contributed by atoms with van der Waals surface area (Å²) >= 11 is 0. The number of hydrogen-bond acceptors (Lipinski definition) is 3. The SMILES string of the molecule is CN(C)c1ccc(NC(=O)Nc2ccc(C(F)(F)F)cc2)cc1C(=O)NC1CCCCC1. The minimum absolute atomic E-state index is 0.144. The molecule has 0 aliphatic heterocycles. The quantitative estimate of drug-likeness (QED) is 0.567. The Labute approximate surface area is 185 Å². The van der Waals surface area contributed by atoms with Gasteiger partial charge in [0.1, 0.15) is 0 Å². The summed E-state index contributed by atoms with van der Waals surface area (Å²) in [5, 5.41) is 8.20. The summed E-state index contributed by atoms with van der Waals surface area (Å²) < 4.78 is 38.0. The largest absolute Gasteiger partial charge is 0.416 e. The lowest BCUT2D eigenvalue weighted by Gasteiger charge is -2.24. The van der Waals surface area contributed by atoms with Gasteiger partial charge in [-0.3, -0.25) is 4.79 Å². The van der Waals surface area contributed by atoms with Crippen LogP contribution in [0.1, 0.15) is 48.0 Å². The Hall–Kier alpha value is -3.23. The van der Waals surface area contributed by atoms with E-state index in [2.05, 4.69) is 16.0 Å². The zero-order valence-corrected chi connectivity index (χ0v) is 18.1. The molecule has 1 fully saturated rings. The first-order chi connectivity index (χ1) is 15.1. The molecule has 0 saturated heterocycles. The van der Waals surface area contributed by atoms with E-state index < -0.39 is 17.8 Å². The first-order valence-corrected chi connectivity index (χ1v) is 10.5. The van der Waals surface area contributed by atoms with Crippen LogP contribution >= 0.6 is 0 Å². The van der Waals surface area contributed by atoms with Gasteiger partial charge < -0.3 is 20.9 Å². The Bertz CT molecular complexity index is 953. The molecular formula is C23H27F3N4O2. The monoisotopic (exact) mass is 448 g/mol.